The molecule has 0 aromatic carbocycles. The standard InChI is InChI=1S/C10H25N3/c1-6-13(7-9(2)11)10(3)8-12(4)5/h9-10H,6-8,11H2,1-5H3/t9-,10?/m0/s1. The van der Waals surface area contributed by atoms with E-state index in [1.165, 1.54) is 0 Å². The van der Waals surface area contributed by atoms with Crippen LogP contribution in [0.4, 0.5) is 0 Å². The maximum atomic E-state index is 5.78. The van der Waals surface area contributed by atoms with Crippen molar-refractivity contribution >= 4 is 0 Å². The van der Waals surface area contributed by atoms with Crippen LogP contribution in [0.25, 0.3) is 0 Å². The Balaban J connectivity index is 3.91. The second-order valence-electron chi connectivity index (χ2n) is 4.18. The van der Waals surface area contributed by atoms with Crippen LogP contribution in [0.1, 0.15) is 20.8 Å². The van der Waals surface area contributed by atoms with Crippen LogP contribution in [0, 0.1) is 0 Å². The number of rotatable bonds is 6. The van der Waals surface area contributed by atoms with Gasteiger partial charge in [-0.05, 0) is 34.5 Å². The molecule has 0 fully saturated rings. The Labute approximate surface area is 82.9 Å². The third-order valence-electron chi connectivity index (χ3n) is 2.18. The summed E-state index contributed by atoms with van der Waals surface area (Å²) in [6.07, 6.45) is 0. The largest absolute Gasteiger partial charge is 0.327 e. The molecule has 0 aliphatic heterocycles. The van der Waals surface area contributed by atoms with Crippen LogP contribution in [-0.2, 0) is 0 Å². The molecule has 2 atom stereocenters. The van der Waals surface area contributed by atoms with Crippen LogP contribution in [0.15, 0.2) is 0 Å². The molecule has 0 aromatic rings. The second kappa shape index (κ2) is 6.35. The van der Waals surface area contributed by atoms with Gasteiger partial charge < -0.3 is 10.6 Å². The summed E-state index contributed by atoms with van der Waals surface area (Å²) in [7, 11) is 4.21. The van der Waals surface area contributed by atoms with Crippen molar-refractivity contribution in [2.75, 3.05) is 33.7 Å². The fourth-order valence-corrected chi connectivity index (χ4v) is 1.63. The Kier molecular flexibility index (Phi) is 6.29. The molecular formula is C10H25N3. The van der Waals surface area contributed by atoms with Gasteiger partial charge in [-0.25, -0.2) is 0 Å². The molecule has 0 aliphatic rings. The van der Waals surface area contributed by atoms with E-state index in [1.807, 2.05) is 0 Å². The number of hydrogen-bond donors (Lipinski definition) is 1. The normalized spacial score (nSPS) is 16.6. The summed E-state index contributed by atoms with van der Waals surface area (Å²) in [4.78, 5) is 4.64. The molecule has 0 saturated carbocycles. The van der Waals surface area contributed by atoms with Gasteiger partial charge in [0, 0.05) is 25.2 Å². The first-order valence-electron chi connectivity index (χ1n) is 5.11. The lowest BCUT2D eigenvalue weighted by atomic mass is 10.2. The number of nitrogens with two attached hydrogens (primary N) is 1. The average Bonchev–Trinajstić information content (AvgIpc) is 1.98. The minimum Gasteiger partial charge on any atom is -0.327 e. The zero-order valence-electron chi connectivity index (χ0n) is 9.75. The lowest BCUT2D eigenvalue weighted by molar-refractivity contribution is 0.175. The fraction of sp³-hybridized carbons (Fsp3) is 1.00. The molecule has 3 heteroatoms. The monoisotopic (exact) mass is 187 g/mol. The molecule has 0 saturated heterocycles. The Morgan fingerprint density at radius 1 is 1.15 bits per heavy atom. The van der Waals surface area contributed by atoms with E-state index in [9.17, 15) is 0 Å². The molecule has 0 radical (unpaired) electrons. The van der Waals surface area contributed by atoms with Crippen molar-refractivity contribution in [1.29, 1.82) is 0 Å². The predicted molar refractivity (Wildman–Crippen MR) is 58.9 cm³/mol. The lowest BCUT2D eigenvalue weighted by Crippen LogP contribution is -2.45. The molecule has 0 spiro atoms. The summed E-state index contributed by atoms with van der Waals surface area (Å²) in [5.74, 6) is 0. The van der Waals surface area contributed by atoms with Gasteiger partial charge in [0.25, 0.3) is 0 Å². The highest BCUT2D eigenvalue weighted by Gasteiger charge is 2.13. The van der Waals surface area contributed by atoms with Crippen LogP contribution < -0.4 is 5.73 Å². The summed E-state index contributed by atoms with van der Waals surface area (Å²) < 4.78 is 0. The van der Waals surface area contributed by atoms with Gasteiger partial charge in [0.15, 0.2) is 0 Å². The number of hydrogen-bond acceptors (Lipinski definition) is 3. The third-order valence-corrected chi connectivity index (χ3v) is 2.18. The van der Waals surface area contributed by atoms with E-state index >= 15 is 0 Å². The van der Waals surface area contributed by atoms with Crippen molar-refractivity contribution in [2.45, 2.75) is 32.9 Å². The highest BCUT2D eigenvalue weighted by Crippen LogP contribution is 2.00. The number of nitrogens with zero attached hydrogens (tertiary/aromatic N) is 2. The zero-order chi connectivity index (χ0) is 10.4. The molecule has 3 nitrogen and oxygen atoms in total. The van der Waals surface area contributed by atoms with Gasteiger partial charge in [0.1, 0.15) is 0 Å². The van der Waals surface area contributed by atoms with Gasteiger partial charge in [0.2, 0.25) is 0 Å². The Hall–Kier alpha value is -0.120. The van der Waals surface area contributed by atoms with Crippen LogP contribution >= 0.6 is 0 Å². The minimum absolute atomic E-state index is 0.268. The Morgan fingerprint density at radius 2 is 1.69 bits per heavy atom. The molecule has 0 aromatic heterocycles. The van der Waals surface area contributed by atoms with E-state index in [0.29, 0.717) is 6.04 Å². The topological polar surface area (TPSA) is 32.5 Å². The summed E-state index contributed by atoms with van der Waals surface area (Å²) in [5.41, 5.74) is 5.78. The lowest BCUT2D eigenvalue weighted by Gasteiger charge is -2.31. The molecule has 0 heterocycles. The molecule has 80 valence electrons. The first-order valence-corrected chi connectivity index (χ1v) is 5.11. The van der Waals surface area contributed by atoms with E-state index in [0.717, 1.165) is 19.6 Å². The zero-order valence-corrected chi connectivity index (χ0v) is 9.75. The van der Waals surface area contributed by atoms with Crippen molar-refractivity contribution in [2.24, 2.45) is 5.73 Å². The van der Waals surface area contributed by atoms with E-state index in [1.54, 1.807) is 0 Å². The number of likely N-dealkylation sites (N-methyl/N-ethyl adjacent to an activating group) is 2. The van der Waals surface area contributed by atoms with Crippen LogP contribution in [0.3, 0.4) is 0 Å². The van der Waals surface area contributed by atoms with E-state index in [2.05, 4.69) is 44.7 Å². The first-order chi connectivity index (χ1) is 5.97. The molecule has 0 bridgehead atoms. The molecule has 0 amide bonds. The smallest absolute Gasteiger partial charge is 0.0195 e. The molecule has 1 unspecified atom stereocenters. The first kappa shape index (κ1) is 12.9. The van der Waals surface area contributed by atoms with E-state index in [4.69, 9.17) is 5.73 Å². The van der Waals surface area contributed by atoms with Crippen molar-refractivity contribution in [3.63, 3.8) is 0 Å². The van der Waals surface area contributed by atoms with Crippen LogP contribution in [-0.4, -0.2) is 55.6 Å². The maximum Gasteiger partial charge on any atom is 0.0195 e. The predicted octanol–water partition coefficient (Wildman–Crippen LogP) is 0.606. The van der Waals surface area contributed by atoms with Gasteiger partial charge >= 0.3 is 0 Å². The van der Waals surface area contributed by atoms with Gasteiger partial charge in [-0.15, -0.1) is 0 Å². The third kappa shape index (κ3) is 6.02. The highest BCUT2D eigenvalue weighted by molar-refractivity contribution is 4.71. The highest BCUT2D eigenvalue weighted by atomic mass is 15.2. The fourth-order valence-electron chi connectivity index (χ4n) is 1.63. The summed E-state index contributed by atoms with van der Waals surface area (Å²) in [5, 5.41) is 0. The summed E-state index contributed by atoms with van der Waals surface area (Å²) >= 11 is 0. The SMILES string of the molecule is CCN(C[C@H](C)N)C(C)CN(C)C. The van der Waals surface area contributed by atoms with Gasteiger partial charge in [0.05, 0.1) is 0 Å². The molecule has 13 heavy (non-hydrogen) atoms. The average molecular weight is 187 g/mol. The van der Waals surface area contributed by atoms with Crippen LogP contribution in [0.5, 0.6) is 0 Å². The van der Waals surface area contributed by atoms with Gasteiger partial charge in [-0.2, -0.15) is 0 Å². The van der Waals surface area contributed by atoms with Crippen molar-refractivity contribution < 1.29 is 0 Å². The van der Waals surface area contributed by atoms with E-state index < -0.39 is 0 Å². The van der Waals surface area contributed by atoms with Gasteiger partial charge in [-0.3, -0.25) is 4.90 Å². The minimum atomic E-state index is 0.268. The quantitative estimate of drug-likeness (QED) is 0.661. The second-order valence-corrected chi connectivity index (χ2v) is 4.18. The Morgan fingerprint density at radius 3 is 2.00 bits per heavy atom. The van der Waals surface area contributed by atoms with Crippen molar-refractivity contribution in [3.05, 3.63) is 0 Å². The van der Waals surface area contributed by atoms with E-state index in [-0.39, 0.29) is 6.04 Å². The summed E-state index contributed by atoms with van der Waals surface area (Å²) in [6.45, 7) is 9.67. The molecular weight excluding hydrogens is 162 g/mol. The van der Waals surface area contributed by atoms with Crippen molar-refractivity contribution in [3.8, 4) is 0 Å². The van der Waals surface area contributed by atoms with Gasteiger partial charge in [-0.1, -0.05) is 6.92 Å². The molecule has 0 rings (SSSR count). The maximum absolute atomic E-state index is 5.78. The Bertz CT molecular complexity index is 123. The summed E-state index contributed by atoms with van der Waals surface area (Å²) in [6, 6.07) is 0.857. The molecule has 2 N–H and O–H groups in total. The van der Waals surface area contributed by atoms with Crippen LogP contribution in [0.2, 0.25) is 0 Å². The van der Waals surface area contributed by atoms with Crippen molar-refractivity contribution in [1.82, 2.24) is 9.80 Å². The molecule has 0 aliphatic carbocycles.